The van der Waals surface area contributed by atoms with Gasteiger partial charge in [0.2, 0.25) is 0 Å². The third-order valence-corrected chi connectivity index (χ3v) is 3.01. The van der Waals surface area contributed by atoms with E-state index in [-0.39, 0.29) is 17.2 Å². The highest BCUT2D eigenvalue weighted by Crippen LogP contribution is 2.23. The monoisotopic (exact) mass is 275 g/mol. The van der Waals surface area contributed by atoms with Crippen molar-refractivity contribution in [1.29, 1.82) is 5.41 Å². The van der Waals surface area contributed by atoms with Gasteiger partial charge >= 0.3 is 0 Å². The molecule has 2 rings (SSSR count). The summed E-state index contributed by atoms with van der Waals surface area (Å²) in [6.45, 7) is 0.462. The predicted molar refractivity (Wildman–Crippen MR) is 75.9 cm³/mol. The number of halogens is 2. The molecule has 0 bridgehead atoms. The fraction of sp³-hybridized carbons (Fsp3) is 0.133. The first-order valence-electron chi connectivity index (χ1n) is 6.07. The van der Waals surface area contributed by atoms with E-state index < -0.39 is 5.82 Å². The Bertz CT molecular complexity index is 624. The summed E-state index contributed by atoms with van der Waals surface area (Å²) in [5, 5.41) is 7.48. The van der Waals surface area contributed by atoms with Gasteiger partial charge in [-0.3, -0.25) is 5.41 Å². The molecule has 0 fully saturated rings. The molecule has 0 aliphatic carbocycles. The lowest BCUT2D eigenvalue weighted by atomic mass is 10.1. The van der Waals surface area contributed by atoms with E-state index in [0.717, 1.165) is 5.56 Å². The zero-order valence-corrected chi connectivity index (χ0v) is 11.0. The second kappa shape index (κ2) is 5.69. The van der Waals surface area contributed by atoms with Gasteiger partial charge in [0.1, 0.15) is 17.5 Å². The van der Waals surface area contributed by atoms with Crippen molar-refractivity contribution >= 4 is 11.5 Å². The minimum absolute atomic E-state index is 0.0807. The van der Waals surface area contributed by atoms with Gasteiger partial charge in [-0.2, -0.15) is 0 Å². The lowest BCUT2D eigenvalue weighted by Gasteiger charge is -2.22. The van der Waals surface area contributed by atoms with E-state index in [0.29, 0.717) is 12.2 Å². The summed E-state index contributed by atoms with van der Waals surface area (Å²) in [5.41, 5.74) is 6.93. The van der Waals surface area contributed by atoms with Crippen LogP contribution in [-0.4, -0.2) is 12.9 Å². The first-order chi connectivity index (χ1) is 9.49. The highest BCUT2D eigenvalue weighted by atomic mass is 19.1. The van der Waals surface area contributed by atoms with Crippen LogP contribution in [0.5, 0.6) is 0 Å². The van der Waals surface area contributed by atoms with Crippen LogP contribution < -0.4 is 10.6 Å². The molecule has 0 aliphatic rings. The maximum Gasteiger partial charge on any atom is 0.136 e. The first kappa shape index (κ1) is 14.0. The number of benzene rings is 2. The van der Waals surface area contributed by atoms with Crippen molar-refractivity contribution in [2.24, 2.45) is 5.73 Å². The number of rotatable bonds is 4. The Hall–Kier alpha value is -2.43. The molecule has 5 heteroatoms. The number of amidine groups is 1. The van der Waals surface area contributed by atoms with E-state index in [2.05, 4.69) is 0 Å². The second-order valence-electron chi connectivity index (χ2n) is 4.53. The highest BCUT2D eigenvalue weighted by molar-refractivity contribution is 6.00. The Morgan fingerprint density at radius 2 is 1.80 bits per heavy atom. The van der Waals surface area contributed by atoms with Gasteiger partial charge < -0.3 is 10.6 Å². The number of anilines is 1. The molecular formula is C15H15F2N3. The zero-order chi connectivity index (χ0) is 14.7. The molecule has 2 aromatic rings. The quantitative estimate of drug-likeness (QED) is 0.666. The van der Waals surface area contributed by atoms with Crippen molar-refractivity contribution in [2.75, 3.05) is 11.9 Å². The van der Waals surface area contributed by atoms with E-state index in [9.17, 15) is 8.78 Å². The van der Waals surface area contributed by atoms with Crippen molar-refractivity contribution in [1.82, 2.24) is 0 Å². The first-order valence-corrected chi connectivity index (χ1v) is 6.07. The van der Waals surface area contributed by atoms with E-state index >= 15 is 0 Å². The molecule has 0 radical (unpaired) electrons. The number of nitrogens with one attached hydrogen (secondary N) is 1. The van der Waals surface area contributed by atoms with Crippen LogP contribution in [0.1, 0.15) is 11.1 Å². The van der Waals surface area contributed by atoms with E-state index in [1.165, 1.54) is 18.2 Å². The Balaban J connectivity index is 2.29. The van der Waals surface area contributed by atoms with Crippen LogP contribution in [0.2, 0.25) is 0 Å². The van der Waals surface area contributed by atoms with Gasteiger partial charge in [0.25, 0.3) is 0 Å². The van der Waals surface area contributed by atoms with Gasteiger partial charge in [0.05, 0.1) is 11.3 Å². The summed E-state index contributed by atoms with van der Waals surface area (Å²) < 4.78 is 26.6. The minimum Gasteiger partial charge on any atom is -0.384 e. The maximum atomic E-state index is 13.8. The average molecular weight is 275 g/mol. The molecule has 0 unspecified atom stereocenters. The van der Waals surface area contributed by atoms with E-state index in [4.69, 9.17) is 11.1 Å². The summed E-state index contributed by atoms with van der Waals surface area (Å²) in [4.78, 5) is 1.77. The summed E-state index contributed by atoms with van der Waals surface area (Å²) in [7, 11) is 1.77. The minimum atomic E-state index is -0.527. The third kappa shape index (κ3) is 2.93. The topological polar surface area (TPSA) is 53.1 Å². The molecule has 104 valence electrons. The number of nitrogens with zero attached hydrogens (tertiary/aromatic N) is 1. The van der Waals surface area contributed by atoms with Crippen molar-refractivity contribution in [3.63, 3.8) is 0 Å². The summed E-state index contributed by atoms with van der Waals surface area (Å²) >= 11 is 0. The van der Waals surface area contributed by atoms with Crippen molar-refractivity contribution < 1.29 is 8.78 Å². The van der Waals surface area contributed by atoms with Gasteiger partial charge in [-0.1, -0.05) is 18.2 Å². The Labute approximate surface area is 116 Å². The number of hydrogen-bond acceptors (Lipinski definition) is 2. The van der Waals surface area contributed by atoms with E-state index in [1.54, 1.807) is 36.2 Å². The molecule has 0 atom stereocenters. The average Bonchev–Trinajstić information content (AvgIpc) is 2.40. The van der Waals surface area contributed by atoms with Gasteiger partial charge in [0.15, 0.2) is 0 Å². The van der Waals surface area contributed by atoms with Gasteiger partial charge in [-0.15, -0.1) is 0 Å². The van der Waals surface area contributed by atoms with Crippen molar-refractivity contribution in [2.45, 2.75) is 6.54 Å². The molecule has 0 aliphatic heterocycles. The van der Waals surface area contributed by atoms with Gasteiger partial charge in [-0.25, -0.2) is 8.78 Å². The Morgan fingerprint density at radius 3 is 2.40 bits per heavy atom. The standard InChI is InChI=1S/C15H15F2N3/c1-20(9-10-5-7-11(16)8-6-10)13-4-2-3-12(17)14(13)15(18)19/h2-8H,9H2,1H3,(H3,18,19). The van der Waals surface area contributed by atoms with Crippen LogP contribution >= 0.6 is 0 Å². The molecule has 3 N–H and O–H groups in total. The summed E-state index contributed by atoms with van der Waals surface area (Å²) in [5.74, 6) is -1.14. The lowest BCUT2D eigenvalue weighted by Crippen LogP contribution is -2.23. The molecule has 3 nitrogen and oxygen atoms in total. The molecule has 0 amide bonds. The Morgan fingerprint density at radius 1 is 1.15 bits per heavy atom. The van der Waals surface area contributed by atoms with Crippen LogP contribution in [0.25, 0.3) is 0 Å². The van der Waals surface area contributed by atoms with Crippen LogP contribution in [0.15, 0.2) is 42.5 Å². The number of nitrogens with two attached hydrogens (primary N) is 1. The van der Waals surface area contributed by atoms with Crippen LogP contribution in [0, 0.1) is 17.0 Å². The molecule has 0 heterocycles. The number of hydrogen-bond donors (Lipinski definition) is 2. The maximum absolute atomic E-state index is 13.8. The molecule has 2 aromatic carbocycles. The molecular weight excluding hydrogens is 260 g/mol. The molecule has 20 heavy (non-hydrogen) atoms. The summed E-state index contributed by atoms with van der Waals surface area (Å²) in [6.07, 6.45) is 0. The van der Waals surface area contributed by atoms with Gasteiger partial charge in [0, 0.05) is 13.6 Å². The normalized spacial score (nSPS) is 10.3. The number of nitrogen functional groups attached to an aromatic ring is 1. The third-order valence-electron chi connectivity index (χ3n) is 3.01. The zero-order valence-electron chi connectivity index (χ0n) is 11.0. The smallest absolute Gasteiger partial charge is 0.136 e. The Kier molecular flexibility index (Phi) is 3.98. The largest absolute Gasteiger partial charge is 0.384 e. The molecule has 0 saturated heterocycles. The fourth-order valence-corrected chi connectivity index (χ4v) is 2.05. The van der Waals surface area contributed by atoms with Crippen molar-refractivity contribution in [3.8, 4) is 0 Å². The molecule has 0 spiro atoms. The van der Waals surface area contributed by atoms with Crippen molar-refractivity contribution in [3.05, 3.63) is 65.2 Å². The predicted octanol–water partition coefficient (Wildman–Crippen LogP) is 2.89. The second-order valence-corrected chi connectivity index (χ2v) is 4.53. The van der Waals surface area contributed by atoms with Crippen LogP contribution in [0.3, 0.4) is 0 Å². The fourth-order valence-electron chi connectivity index (χ4n) is 2.05. The highest BCUT2D eigenvalue weighted by Gasteiger charge is 2.14. The van der Waals surface area contributed by atoms with E-state index in [1.807, 2.05) is 0 Å². The summed E-state index contributed by atoms with van der Waals surface area (Å²) in [6, 6.07) is 10.6. The van der Waals surface area contributed by atoms with Crippen LogP contribution in [0.4, 0.5) is 14.5 Å². The lowest BCUT2D eigenvalue weighted by molar-refractivity contribution is 0.624. The molecule has 0 saturated carbocycles. The SMILES string of the molecule is CN(Cc1ccc(F)cc1)c1cccc(F)c1C(=N)N. The van der Waals surface area contributed by atoms with Crippen LogP contribution in [-0.2, 0) is 6.54 Å². The van der Waals surface area contributed by atoms with Gasteiger partial charge in [-0.05, 0) is 29.8 Å². The molecule has 0 aromatic heterocycles.